The standard InChI is InChI=1S/C14H19Cl2NO3S/c1-6-14(3,4)17(5)13(18)11-7-10(15)8-12(9(11)2)21(16,19)20/h7-8H,6H2,1-5H3. The van der Waals surface area contributed by atoms with Crippen LogP contribution in [-0.2, 0) is 9.05 Å². The van der Waals surface area contributed by atoms with Crippen molar-refractivity contribution in [2.24, 2.45) is 0 Å². The molecule has 1 rings (SSSR count). The second-order valence-corrected chi connectivity index (χ2v) is 8.52. The van der Waals surface area contributed by atoms with Crippen LogP contribution in [0.25, 0.3) is 0 Å². The van der Waals surface area contributed by atoms with Crippen LogP contribution in [0.2, 0.25) is 5.02 Å². The number of benzene rings is 1. The molecule has 0 aliphatic rings. The van der Waals surface area contributed by atoms with E-state index in [4.69, 9.17) is 22.3 Å². The number of carbonyl (C=O) groups is 1. The number of rotatable bonds is 4. The number of halogens is 2. The Morgan fingerprint density at radius 2 is 1.86 bits per heavy atom. The van der Waals surface area contributed by atoms with Gasteiger partial charge in [-0.25, -0.2) is 8.42 Å². The second kappa shape index (κ2) is 6.15. The topological polar surface area (TPSA) is 54.5 Å². The van der Waals surface area contributed by atoms with Gasteiger partial charge in [0.2, 0.25) is 0 Å². The molecule has 0 aliphatic carbocycles. The lowest BCUT2D eigenvalue weighted by molar-refractivity contribution is 0.0619. The first-order valence-electron chi connectivity index (χ1n) is 6.44. The van der Waals surface area contributed by atoms with E-state index >= 15 is 0 Å². The molecule has 0 bridgehead atoms. The summed E-state index contributed by atoms with van der Waals surface area (Å²) in [6.45, 7) is 7.39. The first kappa shape index (κ1) is 18.3. The van der Waals surface area contributed by atoms with Crippen LogP contribution in [0.15, 0.2) is 17.0 Å². The molecule has 21 heavy (non-hydrogen) atoms. The van der Waals surface area contributed by atoms with Crippen LogP contribution >= 0.6 is 22.3 Å². The summed E-state index contributed by atoms with van der Waals surface area (Å²) in [6.07, 6.45) is 0.759. The fourth-order valence-electron chi connectivity index (χ4n) is 1.82. The van der Waals surface area contributed by atoms with Crippen LogP contribution in [-0.4, -0.2) is 31.8 Å². The molecule has 0 N–H and O–H groups in total. The smallest absolute Gasteiger partial charge is 0.261 e. The molecule has 1 aromatic rings. The van der Waals surface area contributed by atoms with Crippen molar-refractivity contribution in [2.75, 3.05) is 7.05 Å². The van der Waals surface area contributed by atoms with Crippen LogP contribution in [0.5, 0.6) is 0 Å². The van der Waals surface area contributed by atoms with Crippen molar-refractivity contribution in [3.05, 3.63) is 28.3 Å². The lowest BCUT2D eigenvalue weighted by Gasteiger charge is -2.35. The van der Waals surface area contributed by atoms with Crippen molar-refractivity contribution in [3.63, 3.8) is 0 Å². The van der Waals surface area contributed by atoms with Crippen molar-refractivity contribution < 1.29 is 13.2 Å². The molecule has 1 aromatic carbocycles. The van der Waals surface area contributed by atoms with Crippen molar-refractivity contribution in [3.8, 4) is 0 Å². The zero-order chi connectivity index (χ0) is 16.6. The van der Waals surface area contributed by atoms with Gasteiger partial charge in [0.1, 0.15) is 0 Å². The van der Waals surface area contributed by atoms with Gasteiger partial charge in [0, 0.05) is 33.9 Å². The number of hydrogen-bond acceptors (Lipinski definition) is 3. The van der Waals surface area contributed by atoms with Crippen molar-refractivity contribution in [1.29, 1.82) is 0 Å². The van der Waals surface area contributed by atoms with Gasteiger partial charge in [-0.05, 0) is 44.9 Å². The van der Waals surface area contributed by atoms with E-state index in [1.54, 1.807) is 18.9 Å². The highest BCUT2D eigenvalue weighted by atomic mass is 35.7. The Kier molecular flexibility index (Phi) is 5.35. The minimum Gasteiger partial charge on any atom is -0.337 e. The minimum atomic E-state index is -3.96. The van der Waals surface area contributed by atoms with Gasteiger partial charge < -0.3 is 4.90 Å². The van der Waals surface area contributed by atoms with Crippen molar-refractivity contribution >= 4 is 37.2 Å². The molecule has 118 valence electrons. The first-order chi connectivity index (χ1) is 9.41. The fraction of sp³-hybridized carbons (Fsp3) is 0.500. The molecule has 0 radical (unpaired) electrons. The van der Waals surface area contributed by atoms with Crippen LogP contribution in [0, 0.1) is 6.92 Å². The van der Waals surface area contributed by atoms with E-state index in [-0.39, 0.29) is 26.9 Å². The van der Waals surface area contributed by atoms with Crippen molar-refractivity contribution in [2.45, 2.75) is 44.6 Å². The maximum Gasteiger partial charge on any atom is 0.261 e. The van der Waals surface area contributed by atoms with Gasteiger partial charge in [0.05, 0.1) is 4.90 Å². The summed E-state index contributed by atoms with van der Waals surface area (Å²) in [5, 5.41) is 0.158. The molecular formula is C14H19Cl2NO3S. The Labute approximate surface area is 135 Å². The van der Waals surface area contributed by atoms with Gasteiger partial charge in [-0.3, -0.25) is 4.79 Å². The summed E-state index contributed by atoms with van der Waals surface area (Å²) in [7, 11) is 3.12. The van der Waals surface area contributed by atoms with E-state index in [0.29, 0.717) is 5.56 Å². The van der Waals surface area contributed by atoms with E-state index in [1.807, 2.05) is 20.8 Å². The molecular weight excluding hydrogens is 333 g/mol. The number of amides is 1. The average Bonchev–Trinajstić information content (AvgIpc) is 2.38. The first-order valence-corrected chi connectivity index (χ1v) is 9.13. The van der Waals surface area contributed by atoms with Gasteiger partial charge in [-0.1, -0.05) is 18.5 Å². The van der Waals surface area contributed by atoms with Crippen LogP contribution in [0.1, 0.15) is 43.1 Å². The minimum absolute atomic E-state index is 0.136. The summed E-state index contributed by atoms with van der Waals surface area (Å²) >= 11 is 5.93. The molecule has 0 aliphatic heterocycles. The Hall–Kier alpha value is -0.780. The number of nitrogens with zero attached hydrogens (tertiary/aromatic N) is 1. The lowest BCUT2D eigenvalue weighted by atomic mass is 9.98. The SMILES string of the molecule is CCC(C)(C)N(C)C(=O)c1cc(Cl)cc(S(=O)(=O)Cl)c1C. The van der Waals surface area contributed by atoms with E-state index < -0.39 is 9.05 Å². The molecule has 4 nitrogen and oxygen atoms in total. The van der Waals surface area contributed by atoms with Gasteiger partial charge in [0.25, 0.3) is 15.0 Å². The zero-order valence-corrected chi connectivity index (χ0v) is 15.0. The predicted molar refractivity (Wildman–Crippen MR) is 85.7 cm³/mol. The summed E-state index contributed by atoms with van der Waals surface area (Å²) in [5.74, 6) is -0.289. The molecule has 0 aromatic heterocycles. The summed E-state index contributed by atoms with van der Waals surface area (Å²) in [6, 6.07) is 2.72. The molecule has 0 atom stereocenters. The van der Waals surface area contributed by atoms with Crippen LogP contribution in [0.4, 0.5) is 0 Å². The molecule has 0 spiro atoms. The Balaban J connectivity index is 3.45. The molecule has 7 heteroatoms. The highest BCUT2D eigenvalue weighted by molar-refractivity contribution is 8.13. The maximum absolute atomic E-state index is 12.6. The largest absolute Gasteiger partial charge is 0.337 e. The fourth-order valence-corrected chi connectivity index (χ4v) is 3.33. The number of hydrogen-bond donors (Lipinski definition) is 0. The van der Waals surface area contributed by atoms with E-state index in [1.165, 1.54) is 12.1 Å². The van der Waals surface area contributed by atoms with Gasteiger partial charge in [-0.15, -0.1) is 0 Å². The number of carbonyl (C=O) groups excluding carboxylic acids is 1. The quantitative estimate of drug-likeness (QED) is 0.774. The Bertz CT molecular complexity index is 669. The Morgan fingerprint density at radius 3 is 2.29 bits per heavy atom. The molecule has 0 saturated heterocycles. The normalized spacial score (nSPS) is 12.3. The monoisotopic (exact) mass is 351 g/mol. The molecule has 1 amide bonds. The highest BCUT2D eigenvalue weighted by Gasteiger charge is 2.29. The summed E-state index contributed by atoms with van der Waals surface area (Å²) in [4.78, 5) is 14.1. The average molecular weight is 352 g/mol. The molecule has 0 unspecified atom stereocenters. The van der Waals surface area contributed by atoms with Gasteiger partial charge >= 0.3 is 0 Å². The third-order valence-corrected chi connectivity index (χ3v) is 5.56. The molecule has 0 saturated carbocycles. The van der Waals surface area contributed by atoms with E-state index in [9.17, 15) is 13.2 Å². The van der Waals surface area contributed by atoms with Gasteiger partial charge in [0.15, 0.2) is 0 Å². The third-order valence-electron chi connectivity index (χ3n) is 3.90. The molecule has 0 fully saturated rings. The van der Waals surface area contributed by atoms with E-state index in [2.05, 4.69) is 0 Å². The van der Waals surface area contributed by atoms with Crippen molar-refractivity contribution in [1.82, 2.24) is 4.90 Å². The summed E-state index contributed by atoms with van der Waals surface area (Å²) < 4.78 is 23.2. The van der Waals surface area contributed by atoms with Crippen LogP contribution in [0.3, 0.4) is 0 Å². The summed E-state index contributed by atoms with van der Waals surface area (Å²) in [5.41, 5.74) is 0.190. The predicted octanol–water partition coefficient (Wildman–Crippen LogP) is 3.84. The second-order valence-electron chi connectivity index (χ2n) is 5.54. The van der Waals surface area contributed by atoms with E-state index in [0.717, 1.165) is 6.42 Å². The van der Waals surface area contributed by atoms with Gasteiger partial charge in [-0.2, -0.15) is 0 Å². The lowest BCUT2D eigenvalue weighted by Crippen LogP contribution is -2.44. The Morgan fingerprint density at radius 1 is 1.33 bits per heavy atom. The maximum atomic E-state index is 12.6. The third kappa shape index (κ3) is 3.90. The highest BCUT2D eigenvalue weighted by Crippen LogP contribution is 2.29. The van der Waals surface area contributed by atoms with Crippen LogP contribution < -0.4 is 0 Å². The molecule has 0 heterocycles. The zero-order valence-electron chi connectivity index (χ0n) is 12.7.